The number of fused-ring (bicyclic) bond motifs is 1. The molecule has 0 aliphatic carbocycles. The van der Waals surface area contributed by atoms with Crippen LogP contribution in [-0.2, 0) is 4.79 Å². The number of rotatable bonds is 2. The average molecular weight is 343 g/mol. The fourth-order valence-corrected chi connectivity index (χ4v) is 3.12. The predicted octanol–water partition coefficient (Wildman–Crippen LogP) is 3.53. The Morgan fingerprint density at radius 3 is 3.00 bits per heavy atom. The zero-order valence-corrected chi connectivity index (χ0v) is 13.2. The highest BCUT2D eigenvalue weighted by atomic mass is 35.5. The van der Waals surface area contributed by atoms with Crippen LogP contribution in [0.25, 0.3) is 5.69 Å². The molecule has 1 aromatic carbocycles. The molecular weight excluding hydrogens is 331 g/mol. The van der Waals surface area contributed by atoms with Gasteiger partial charge in [-0.25, -0.2) is 9.37 Å². The summed E-state index contributed by atoms with van der Waals surface area (Å²) in [6.07, 6.45) is 5.05. The maximum atomic E-state index is 14.3. The molecule has 1 aliphatic rings. The average Bonchev–Trinajstić information content (AvgIpc) is 3.01. The number of nitrogens with zero attached hydrogens (tertiary/aromatic N) is 3. The monoisotopic (exact) mass is 342 g/mol. The molecule has 24 heavy (non-hydrogen) atoms. The molecule has 7 heteroatoms. The Kier molecular flexibility index (Phi) is 3.54. The highest BCUT2D eigenvalue weighted by Gasteiger charge is 2.32. The number of benzene rings is 1. The summed E-state index contributed by atoms with van der Waals surface area (Å²) < 4.78 is 16.0. The normalized spacial score (nSPS) is 16.6. The van der Waals surface area contributed by atoms with Gasteiger partial charge in [0.25, 0.3) is 0 Å². The van der Waals surface area contributed by atoms with Crippen molar-refractivity contribution in [1.82, 2.24) is 14.5 Å². The smallest absolute Gasteiger partial charge is 0.226 e. The molecule has 1 atom stereocenters. The van der Waals surface area contributed by atoms with Gasteiger partial charge in [0.05, 0.1) is 17.6 Å². The van der Waals surface area contributed by atoms with Gasteiger partial charge in [-0.2, -0.15) is 0 Å². The van der Waals surface area contributed by atoms with E-state index in [4.69, 9.17) is 11.6 Å². The quantitative estimate of drug-likeness (QED) is 0.775. The number of aromatic nitrogens is 3. The minimum absolute atomic E-state index is 0.119. The van der Waals surface area contributed by atoms with E-state index in [1.807, 2.05) is 6.07 Å². The molecule has 0 radical (unpaired) electrons. The zero-order chi connectivity index (χ0) is 16.7. The summed E-state index contributed by atoms with van der Waals surface area (Å²) in [6.45, 7) is 0. The van der Waals surface area contributed by atoms with Gasteiger partial charge in [0, 0.05) is 23.6 Å². The van der Waals surface area contributed by atoms with Crippen molar-refractivity contribution >= 4 is 23.3 Å². The minimum atomic E-state index is -0.481. The van der Waals surface area contributed by atoms with E-state index in [1.54, 1.807) is 35.4 Å². The standard InChI is InChI=1S/C17H12ClFN4O/c18-10-3-4-14(19)12(6-10)13-7-15(24)22-17-16(13)21-9-23(17)11-2-1-5-20-8-11/h1-6,8-9,13H,7H2,(H,22,24)/t13-/m0/s1. The Morgan fingerprint density at radius 2 is 2.21 bits per heavy atom. The molecule has 0 spiro atoms. The number of hydrogen-bond acceptors (Lipinski definition) is 3. The van der Waals surface area contributed by atoms with Crippen molar-refractivity contribution in [2.45, 2.75) is 12.3 Å². The van der Waals surface area contributed by atoms with Crippen molar-refractivity contribution in [1.29, 1.82) is 0 Å². The van der Waals surface area contributed by atoms with Crippen LogP contribution in [0.2, 0.25) is 5.02 Å². The second kappa shape index (κ2) is 5.72. The summed E-state index contributed by atoms with van der Waals surface area (Å²) in [6, 6.07) is 7.98. The molecule has 1 amide bonds. The van der Waals surface area contributed by atoms with E-state index in [2.05, 4.69) is 15.3 Å². The largest absolute Gasteiger partial charge is 0.310 e. The third-order valence-electron chi connectivity index (χ3n) is 4.03. The summed E-state index contributed by atoms with van der Waals surface area (Å²) >= 11 is 6.00. The lowest BCUT2D eigenvalue weighted by Crippen LogP contribution is -2.25. The number of anilines is 1. The number of halogens is 2. The number of pyridine rings is 1. The minimum Gasteiger partial charge on any atom is -0.310 e. The van der Waals surface area contributed by atoms with Crippen LogP contribution in [0.3, 0.4) is 0 Å². The molecule has 1 N–H and O–H groups in total. The molecule has 0 fully saturated rings. The molecule has 0 bridgehead atoms. The van der Waals surface area contributed by atoms with Gasteiger partial charge >= 0.3 is 0 Å². The van der Waals surface area contributed by atoms with E-state index >= 15 is 0 Å². The topological polar surface area (TPSA) is 59.8 Å². The van der Waals surface area contributed by atoms with Crippen LogP contribution < -0.4 is 5.32 Å². The lowest BCUT2D eigenvalue weighted by Gasteiger charge is -2.23. The van der Waals surface area contributed by atoms with Crippen molar-refractivity contribution in [3.8, 4) is 5.69 Å². The summed E-state index contributed by atoms with van der Waals surface area (Å²) in [5.41, 5.74) is 1.74. The van der Waals surface area contributed by atoms with Crippen LogP contribution in [0.4, 0.5) is 10.2 Å². The highest BCUT2D eigenvalue weighted by molar-refractivity contribution is 6.30. The van der Waals surface area contributed by atoms with Crippen LogP contribution in [0, 0.1) is 5.82 Å². The van der Waals surface area contributed by atoms with E-state index in [9.17, 15) is 9.18 Å². The zero-order valence-electron chi connectivity index (χ0n) is 12.4. The van der Waals surface area contributed by atoms with Gasteiger partial charge in [-0.05, 0) is 35.9 Å². The van der Waals surface area contributed by atoms with Crippen LogP contribution in [0.15, 0.2) is 49.1 Å². The molecule has 5 nitrogen and oxygen atoms in total. The molecule has 0 unspecified atom stereocenters. The summed E-state index contributed by atoms with van der Waals surface area (Å²) in [5, 5.41) is 3.24. The Hall–Kier alpha value is -2.73. The lowest BCUT2D eigenvalue weighted by molar-refractivity contribution is -0.116. The Bertz CT molecular complexity index is 926. The van der Waals surface area contributed by atoms with Gasteiger partial charge in [0.2, 0.25) is 5.91 Å². The van der Waals surface area contributed by atoms with Crippen LogP contribution >= 0.6 is 11.6 Å². The van der Waals surface area contributed by atoms with Gasteiger partial charge < -0.3 is 5.32 Å². The summed E-state index contributed by atoms with van der Waals surface area (Å²) in [5.74, 6) is -0.549. The fraction of sp³-hybridized carbons (Fsp3) is 0.118. The molecule has 4 rings (SSSR count). The maximum absolute atomic E-state index is 14.3. The summed E-state index contributed by atoms with van der Waals surface area (Å²) in [4.78, 5) is 20.6. The van der Waals surface area contributed by atoms with E-state index in [0.717, 1.165) is 5.69 Å². The number of nitrogens with one attached hydrogen (secondary N) is 1. The van der Waals surface area contributed by atoms with E-state index in [-0.39, 0.29) is 12.3 Å². The molecular formula is C17H12ClFN4O. The van der Waals surface area contributed by atoms with Crippen LogP contribution in [0.5, 0.6) is 0 Å². The first kappa shape index (κ1) is 14.8. The van der Waals surface area contributed by atoms with E-state index in [0.29, 0.717) is 22.1 Å². The van der Waals surface area contributed by atoms with Crippen molar-refractivity contribution in [3.05, 3.63) is 71.2 Å². The fourth-order valence-electron chi connectivity index (χ4n) is 2.94. The lowest BCUT2D eigenvalue weighted by atomic mass is 9.89. The van der Waals surface area contributed by atoms with Crippen LogP contribution in [0.1, 0.15) is 23.6 Å². The van der Waals surface area contributed by atoms with E-state index in [1.165, 1.54) is 12.1 Å². The molecule has 1 aliphatic heterocycles. The van der Waals surface area contributed by atoms with Crippen molar-refractivity contribution in [3.63, 3.8) is 0 Å². The van der Waals surface area contributed by atoms with Gasteiger partial charge in [-0.15, -0.1) is 0 Å². The summed E-state index contributed by atoms with van der Waals surface area (Å²) in [7, 11) is 0. The van der Waals surface area contributed by atoms with Gasteiger partial charge in [-0.3, -0.25) is 14.3 Å². The highest BCUT2D eigenvalue weighted by Crippen LogP contribution is 2.38. The first-order valence-electron chi connectivity index (χ1n) is 7.36. The SMILES string of the molecule is O=C1C[C@@H](c2cc(Cl)ccc2F)c2ncn(-c3cccnc3)c2N1. The Balaban J connectivity index is 1.86. The van der Waals surface area contributed by atoms with E-state index < -0.39 is 11.7 Å². The second-order valence-corrected chi connectivity index (χ2v) is 5.97. The van der Waals surface area contributed by atoms with Crippen molar-refractivity contribution < 1.29 is 9.18 Å². The Morgan fingerprint density at radius 1 is 1.33 bits per heavy atom. The molecule has 3 heterocycles. The van der Waals surface area contributed by atoms with Gasteiger partial charge in [0.15, 0.2) is 0 Å². The number of carbonyl (C=O) groups is 1. The molecule has 0 saturated carbocycles. The third kappa shape index (κ3) is 2.45. The number of carbonyl (C=O) groups excluding carboxylic acids is 1. The predicted molar refractivity (Wildman–Crippen MR) is 87.9 cm³/mol. The van der Waals surface area contributed by atoms with Crippen LogP contribution in [-0.4, -0.2) is 20.4 Å². The molecule has 0 saturated heterocycles. The Labute approximate surface area is 142 Å². The third-order valence-corrected chi connectivity index (χ3v) is 4.27. The number of imidazole rings is 1. The van der Waals surface area contributed by atoms with Gasteiger partial charge in [0.1, 0.15) is 18.0 Å². The first-order valence-corrected chi connectivity index (χ1v) is 7.73. The van der Waals surface area contributed by atoms with Crippen molar-refractivity contribution in [2.24, 2.45) is 0 Å². The van der Waals surface area contributed by atoms with Gasteiger partial charge in [-0.1, -0.05) is 11.6 Å². The van der Waals surface area contributed by atoms with Crippen molar-refractivity contribution in [2.75, 3.05) is 5.32 Å². The first-order chi connectivity index (χ1) is 11.6. The maximum Gasteiger partial charge on any atom is 0.226 e. The molecule has 3 aromatic rings. The number of hydrogen-bond donors (Lipinski definition) is 1. The number of amides is 1. The molecule has 120 valence electrons. The second-order valence-electron chi connectivity index (χ2n) is 5.53. The molecule has 2 aromatic heterocycles.